The van der Waals surface area contributed by atoms with Gasteiger partial charge in [-0.2, -0.15) is 0 Å². The number of amides is 1. The molecular formula is C16H19N3O. The van der Waals surface area contributed by atoms with Gasteiger partial charge < -0.3 is 10.6 Å². The normalized spacial score (nSPS) is 23.9. The van der Waals surface area contributed by atoms with Crippen molar-refractivity contribution in [3.63, 3.8) is 0 Å². The Kier molecular flexibility index (Phi) is 3.40. The molecule has 2 unspecified atom stereocenters. The number of carbonyl (C=O) groups is 1. The Bertz CT molecular complexity index is 635. The molecule has 0 spiro atoms. The molecule has 1 aromatic heterocycles. The van der Waals surface area contributed by atoms with Gasteiger partial charge in [-0.1, -0.05) is 24.3 Å². The zero-order valence-corrected chi connectivity index (χ0v) is 11.6. The van der Waals surface area contributed by atoms with Crippen LogP contribution in [0.25, 0.3) is 10.8 Å². The molecule has 0 radical (unpaired) electrons. The van der Waals surface area contributed by atoms with Crippen LogP contribution in [0.15, 0.2) is 36.7 Å². The predicted octanol–water partition coefficient (Wildman–Crippen LogP) is 2.25. The van der Waals surface area contributed by atoms with E-state index in [0.717, 1.165) is 29.2 Å². The first-order valence-electron chi connectivity index (χ1n) is 7.02. The average Bonchev–Trinajstić information content (AvgIpc) is 2.58. The van der Waals surface area contributed by atoms with Gasteiger partial charge in [-0.15, -0.1) is 0 Å². The van der Waals surface area contributed by atoms with Crippen LogP contribution in [0.3, 0.4) is 0 Å². The van der Waals surface area contributed by atoms with Gasteiger partial charge in [-0.3, -0.25) is 9.78 Å². The second kappa shape index (κ2) is 5.21. The Labute approximate surface area is 118 Å². The van der Waals surface area contributed by atoms with E-state index < -0.39 is 0 Å². The molecule has 0 saturated carbocycles. The maximum absolute atomic E-state index is 12.1. The van der Waals surface area contributed by atoms with Gasteiger partial charge in [0.25, 0.3) is 0 Å². The predicted molar refractivity (Wildman–Crippen MR) is 79.1 cm³/mol. The maximum atomic E-state index is 12.1. The smallest absolute Gasteiger partial charge is 0.222 e. The van der Waals surface area contributed by atoms with E-state index in [1.165, 1.54) is 0 Å². The molecule has 1 aliphatic heterocycles. The summed E-state index contributed by atoms with van der Waals surface area (Å²) in [6.45, 7) is 0. The molecule has 4 heteroatoms. The van der Waals surface area contributed by atoms with E-state index in [1.807, 2.05) is 37.6 Å². The lowest BCUT2D eigenvalue weighted by molar-refractivity contribution is -0.131. The highest BCUT2D eigenvalue weighted by Gasteiger charge is 2.31. The molecule has 0 aliphatic carbocycles. The molecule has 20 heavy (non-hydrogen) atoms. The van der Waals surface area contributed by atoms with Crippen LogP contribution >= 0.6 is 0 Å². The first-order valence-corrected chi connectivity index (χ1v) is 7.02. The Balaban J connectivity index is 2.14. The van der Waals surface area contributed by atoms with Crippen molar-refractivity contribution >= 4 is 16.7 Å². The topological polar surface area (TPSA) is 59.2 Å². The van der Waals surface area contributed by atoms with E-state index in [-0.39, 0.29) is 18.0 Å². The van der Waals surface area contributed by atoms with E-state index in [9.17, 15) is 4.79 Å². The molecule has 2 atom stereocenters. The van der Waals surface area contributed by atoms with Gasteiger partial charge in [0, 0.05) is 42.9 Å². The highest BCUT2D eigenvalue weighted by Crippen LogP contribution is 2.32. The molecular weight excluding hydrogens is 250 g/mol. The molecule has 2 N–H and O–H groups in total. The molecule has 2 heterocycles. The number of nitrogens with zero attached hydrogens (tertiary/aromatic N) is 2. The summed E-state index contributed by atoms with van der Waals surface area (Å²) in [6.07, 6.45) is 6.01. The van der Waals surface area contributed by atoms with Crippen LogP contribution in [-0.2, 0) is 4.79 Å². The third kappa shape index (κ3) is 2.16. The number of likely N-dealkylation sites (tertiary alicyclic amines) is 1. The van der Waals surface area contributed by atoms with Crippen molar-refractivity contribution in [2.75, 3.05) is 7.05 Å². The number of hydrogen-bond acceptors (Lipinski definition) is 3. The highest BCUT2D eigenvalue weighted by atomic mass is 16.2. The van der Waals surface area contributed by atoms with Crippen molar-refractivity contribution in [3.05, 3.63) is 42.2 Å². The quantitative estimate of drug-likeness (QED) is 0.863. The summed E-state index contributed by atoms with van der Waals surface area (Å²) in [4.78, 5) is 18.2. The first kappa shape index (κ1) is 13.1. The Morgan fingerprint density at radius 3 is 2.95 bits per heavy atom. The summed E-state index contributed by atoms with van der Waals surface area (Å²) in [5.41, 5.74) is 7.38. The van der Waals surface area contributed by atoms with Crippen LogP contribution in [0, 0.1) is 0 Å². The third-order valence-electron chi connectivity index (χ3n) is 4.16. The van der Waals surface area contributed by atoms with E-state index in [4.69, 9.17) is 5.73 Å². The number of nitrogens with two attached hydrogens (primary N) is 1. The summed E-state index contributed by atoms with van der Waals surface area (Å²) >= 11 is 0. The minimum atomic E-state index is -0.0939. The Morgan fingerprint density at radius 2 is 2.10 bits per heavy atom. The largest absolute Gasteiger partial charge is 0.337 e. The summed E-state index contributed by atoms with van der Waals surface area (Å²) < 4.78 is 0. The molecule has 2 aromatic rings. The van der Waals surface area contributed by atoms with Crippen LogP contribution < -0.4 is 5.73 Å². The van der Waals surface area contributed by atoms with Crippen molar-refractivity contribution in [1.82, 2.24) is 9.88 Å². The number of likely N-dealkylation sites (N-methyl/N-ethyl adjacent to an activating group) is 1. The zero-order chi connectivity index (χ0) is 14.1. The van der Waals surface area contributed by atoms with E-state index in [2.05, 4.69) is 11.1 Å². The van der Waals surface area contributed by atoms with Gasteiger partial charge in [0.1, 0.15) is 0 Å². The van der Waals surface area contributed by atoms with Crippen molar-refractivity contribution in [3.8, 4) is 0 Å². The first-order chi connectivity index (χ1) is 9.68. The molecule has 1 aliphatic rings. The van der Waals surface area contributed by atoms with E-state index >= 15 is 0 Å². The van der Waals surface area contributed by atoms with Crippen LogP contribution in [0.5, 0.6) is 0 Å². The monoisotopic (exact) mass is 269 g/mol. The highest BCUT2D eigenvalue weighted by molar-refractivity contribution is 5.86. The minimum Gasteiger partial charge on any atom is -0.337 e. The van der Waals surface area contributed by atoms with Crippen LogP contribution in [0.4, 0.5) is 0 Å². The lowest BCUT2D eigenvalue weighted by Gasteiger charge is -2.31. The van der Waals surface area contributed by atoms with Crippen molar-refractivity contribution < 1.29 is 4.79 Å². The third-order valence-corrected chi connectivity index (χ3v) is 4.16. The number of rotatable bonds is 1. The molecule has 104 valence electrons. The molecule has 1 amide bonds. The van der Waals surface area contributed by atoms with Gasteiger partial charge in [0.05, 0.1) is 6.04 Å². The second-order valence-corrected chi connectivity index (χ2v) is 5.46. The lowest BCUT2D eigenvalue weighted by atomic mass is 9.94. The van der Waals surface area contributed by atoms with E-state index in [0.29, 0.717) is 6.42 Å². The average molecular weight is 269 g/mol. The molecule has 1 aromatic carbocycles. The minimum absolute atomic E-state index is 0.0425. The molecule has 1 saturated heterocycles. The summed E-state index contributed by atoms with van der Waals surface area (Å²) in [6, 6.07) is 7.98. The standard InChI is InChI=1S/C16H19N3O/c1-19-15(20)8-4-7-14(17)16(19)13-10-18-9-11-5-2-3-6-12(11)13/h2-3,5-6,9-10,14,16H,4,7-8,17H2,1H3. The molecule has 1 fully saturated rings. The van der Waals surface area contributed by atoms with Gasteiger partial charge in [-0.25, -0.2) is 0 Å². The van der Waals surface area contributed by atoms with Crippen LogP contribution in [0.2, 0.25) is 0 Å². The fraction of sp³-hybridized carbons (Fsp3) is 0.375. The van der Waals surface area contributed by atoms with Crippen molar-refractivity contribution in [1.29, 1.82) is 0 Å². The Hall–Kier alpha value is -1.94. The SMILES string of the molecule is CN1C(=O)CCCC(N)C1c1cncc2ccccc12. The number of pyridine rings is 1. The fourth-order valence-corrected chi connectivity index (χ4v) is 3.08. The molecule has 3 rings (SSSR count). The summed E-state index contributed by atoms with van der Waals surface area (Å²) in [5.74, 6) is 0.163. The number of aromatic nitrogens is 1. The number of benzene rings is 1. The molecule has 4 nitrogen and oxygen atoms in total. The van der Waals surface area contributed by atoms with Crippen LogP contribution in [0.1, 0.15) is 30.9 Å². The number of carbonyl (C=O) groups excluding carboxylic acids is 1. The summed E-state index contributed by atoms with van der Waals surface area (Å²) in [7, 11) is 1.85. The van der Waals surface area contributed by atoms with Gasteiger partial charge in [0.2, 0.25) is 5.91 Å². The lowest BCUT2D eigenvalue weighted by Crippen LogP contribution is -2.39. The van der Waals surface area contributed by atoms with Gasteiger partial charge in [0.15, 0.2) is 0 Å². The second-order valence-electron chi connectivity index (χ2n) is 5.46. The molecule has 0 bridgehead atoms. The van der Waals surface area contributed by atoms with Gasteiger partial charge in [-0.05, 0) is 18.2 Å². The number of fused-ring (bicyclic) bond motifs is 1. The summed E-state index contributed by atoms with van der Waals surface area (Å²) in [5, 5.41) is 2.21. The van der Waals surface area contributed by atoms with Gasteiger partial charge >= 0.3 is 0 Å². The Morgan fingerprint density at radius 1 is 1.30 bits per heavy atom. The van der Waals surface area contributed by atoms with Crippen molar-refractivity contribution in [2.24, 2.45) is 5.73 Å². The fourth-order valence-electron chi connectivity index (χ4n) is 3.08. The maximum Gasteiger partial charge on any atom is 0.222 e. The zero-order valence-electron chi connectivity index (χ0n) is 11.6. The van der Waals surface area contributed by atoms with Crippen molar-refractivity contribution in [2.45, 2.75) is 31.3 Å². The number of hydrogen-bond donors (Lipinski definition) is 1. The van der Waals surface area contributed by atoms with Crippen LogP contribution in [-0.4, -0.2) is 28.9 Å². The van der Waals surface area contributed by atoms with E-state index in [1.54, 1.807) is 4.90 Å².